The normalized spacial score (nSPS) is 7.38. The molecule has 0 saturated carbocycles. The fourth-order valence-corrected chi connectivity index (χ4v) is 1.12. The van der Waals surface area contributed by atoms with Gasteiger partial charge in [0.05, 0.1) is 11.6 Å². The van der Waals surface area contributed by atoms with E-state index in [4.69, 9.17) is 0 Å². The van der Waals surface area contributed by atoms with E-state index in [1.54, 1.807) is 0 Å². The Morgan fingerprint density at radius 2 is 1.12 bits per heavy atom. The molecule has 0 unspecified atom stereocenters. The standard InChI is InChI=1S/C5H4N10O4.Ni.6H2O/c16-14(17)12-4-6-2(8-10-4)1-3-7-5(11-9-3)13-15(18)19;;;;;;;/h1H2,(H2-2,6,7,8,9,10,11,12,13);;6*1H2/q-2;+2;;;;;;/p+4. The average Bonchev–Trinajstić information content (AvgIpc) is 2.88. The second kappa shape index (κ2) is 16.8. The molecule has 0 radical (unpaired) electrons. The van der Waals surface area contributed by atoms with Crippen LogP contribution in [-0.2, 0) is 44.8 Å². The number of aromatic nitrogens is 6. The summed E-state index contributed by atoms with van der Waals surface area (Å²) in [5, 5.41) is 30.1. The third-order valence-electron chi connectivity index (χ3n) is 1.71. The molecule has 0 aliphatic heterocycles. The first-order valence-electron chi connectivity index (χ1n) is 4.57. The predicted octanol–water partition coefficient (Wildman–Crippen LogP) is -5.43. The topological polar surface area (TPSA) is 393 Å². The fraction of sp³-hybridized carbons (Fsp3) is 0.200. The van der Waals surface area contributed by atoms with Crippen molar-refractivity contribution in [2.75, 3.05) is 0 Å². The van der Waals surface area contributed by atoms with Crippen molar-refractivity contribution in [1.82, 2.24) is 30.4 Å². The molecule has 2 heterocycles. The van der Waals surface area contributed by atoms with Crippen LogP contribution in [0.1, 0.15) is 11.6 Å². The number of aromatic amines is 2. The number of nitro groups is 2. The first-order valence-corrected chi connectivity index (χ1v) is 4.57. The summed E-state index contributed by atoms with van der Waals surface area (Å²) in [6, 6.07) is 0. The summed E-state index contributed by atoms with van der Waals surface area (Å²) in [5.41, 5.74) is 5.81. The minimum Gasteiger partial charge on any atom is -0.457 e. The molecule has 2 rings (SSSR count). The van der Waals surface area contributed by atoms with E-state index in [0.717, 1.165) is 0 Å². The second-order valence-corrected chi connectivity index (χ2v) is 3.00. The Hall–Kier alpha value is -3.07. The molecule has 2 aromatic heterocycles. The van der Waals surface area contributed by atoms with Crippen LogP contribution >= 0.6 is 0 Å². The van der Waals surface area contributed by atoms with Crippen LogP contribution in [0.2, 0.25) is 0 Å². The Morgan fingerprint density at radius 3 is 1.38 bits per heavy atom. The molecule has 20 nitrogen and oxygen atoms in total. The fourth-order valence-electron chi connectivity index (χ4n) is 1.12. The van der Waals surface area contributed by atoms with Gasteiger partial charge in [0.1, 0.15) is 22.0 Å². The largest absolute Gasteiger partial charge is 2.00 e. The summed E-state index contributed by atoms with van der Waals surface area (Å²) < 4.78 is 0. The van der Waals surface area contributed by atoms with E-state index in [9.17, 15) is 20.2 Å². The number of hydrogen-bond acceptors (Lipinski definition) is 8. The number of nitrogens with one attached hydrogen (secondary N) is 2. The smallest absolute Gasteiger partial charge is 0.457 e. The van der Waals surface area contributed by atoms with Crippen LogP contribution in [0.15, 0.2) is 0 Å². The summed E-state index contributed by atoms with van der Waals surface area (Å²) >= 11 is 0. The van der Waals surface area contributed by atoms with E-state index in [-0.39, 0.29) is 79.3 Å². The number of nitrogens with zero attached hydrogens (tertiary/aromatic N) is 8. The molecule has 0 fully saturated rings. The third-order valence-corrected chi connectivity index (χ3v) is 1.71. The van der Waals surface area contributed by atoms with Gasteiger partial charge >= 0.3 is 16.5 Å². The number of rotatable bonds is 6. The number of H-pyrrole nitrogens is 2. The van der Waals surface area contributed by atoms with Gasteiger partial charge in [0.25, 0.3) is 0 Å². The SMILES string of the molecule is O.O.O=[N+]([O-])[N-]c1nc(Cc2n[nH]c([N-][N+](=O)[O-])n2)n[nH]1.[Ni+2].[OH3+].[OH3+].[OH3+].[OH3+]. The summed E-state index contributed by atoms with van der Waals surface area (Å²) in [7, 11) is 0. The maximum absolute atomic E-state index is 10.1. The van der Waals surface area contributed by atoms with Gasteiger partial charge in [-0.3, -0.25) is 0 Å². The van der Waals surface area contributed by atoms with Gasteiger partial charge in [0, 0.05) is 6.42 Å². The summed E-state index contributed by atoms with van der Waals surface area (Å²) in [4.78, 5) is 27.5. The molecule has 156 valence electrons. The Kier molecular flexibility index (Phi) is 24.8. The maximum atomic E-state index is 10.1. The van der Waals surface area contributed by atoms with Crippen LogP contribution in [0.5, 0.6) is 0 Å². The van der Waals surface area contributed by atoms with Gasteiger partial charge in [-0.1, -0.05) is 10.9 Å². The maximum Gasteiger partial charge on any atom is 2.00 e. The van der Waals surface area contributed by atoms with Gasteiger partial charge in [0.2, 0.25) is 0 Å². The first kappa shape index (κ1) is 38.5. The Balaban J connectivity index is -0.000000143. The van der Waals surface area contributed by atoms with E-state index in [1.807, 2.05) is 0 Å². The van der Waals surface area contributed by atoms with E-state index in [0.29, 0.717) is 0 Å². The van der Waals surface area contributed by atoms with Crippen LogP contribution in [-0.4, -0.2) is 51.4 Å². The molecule has 0 atom stereocenters. The van der Waals surface area contributed by atoms with Gasteiger partial charge in [-0.25, -0.2) is 30.4 Å². The predicted molar refractivity (Wildman–Crippen MR) is 82.3 cm³/mol. The molecule has 0 aromatic carbocycles. The van der Waals surface area contributed by atoms with Crippen LogP contribution in [0.25, 0.3) is 10.9 Å². The van der Waals surface area contributed by atoms with Gasteiger partial charge in [0.15, 0.2) is 0 Å². The molecule has 0 aliphatic carbocycles. The molecule has 0 aliphatic rings. The van der Waals surface area contributed by atoms with Gasteiger partial charge < -0.3 is 53.0 Å². The van der Waals surface area contributed by atoms with Crippen molar-refractivity contribution in [1.29, 1.82) is 0 Å². The molecular formula is C5H20N10NiO10+4. The van der Waals surface area contributed by atoms with Crippen molar-refractivity contribution in [3.05, 3.63) is 42.7 Å². The van der Waals surface area contributed by atoms with E-state index in [2.05, 4.69) is 41.2 Å². The zero-order valence-corrected chi connectivity index (χ0v) is 13.5. The minimum atomic E-state index is -0.925. The molecule has 0 spiro atoms. The molecule has 0 amide bonds. The first-order chi connectivity index (χ1) is 9.02. The Labute approximate surface area is 151 Å². The third kappa shape index (κ3) is 11.5. The molecular weight excluding hydrogens is 419 g/mol. The molecule has 18 N–H and O–H groups in total. The molecule has 2 aromatic rings. The van der Waals surface area contributed by atoms with Crippen molar-refractivity contribution >= 4 is 11.9 Å². The van der Waals surface area contributed by atoms with Crippen LogP contribution in [0, 0.1) is 20.2 Å². The molecule has 0 bridgehead atoms. The summed E-state index contributed by atoms with van der Waals surface area (Å²) in [5.74, 6) is -0.254. The van der Waals surface area contributed by atoms with Crippen molar-refractivity contribution < 1.29 is 59.4 Å². The molecule has 26 heavy (non-hydrogen) atoms. The zero-order valence-electron chi connectivity index (χ0n) is 12.5. The van der Waals surface area contributed by atoms with Crippen molar-refractivity contribution in [3.63, 3.8) is 0 Å². The second-order valence-electron chi connectivity index (χ2n) is 3.00. The van der Waals surface area contributed by atoms with E-state index >= 15 is 0 Å². The molecule has 21 heteroatoms. The Bertz CT molecular complexity index is 567. The van der Waals surface area contributed by atoms with Gasteiger partial charge in [-0.05, 0) is 0 Å². The van der Waals surface area contributed by atoms with Gasteiger partial charge in [-0.15, -0.1) is 0 Å². The van der Waals surface area contributed by atoms with Gasteiger partial charge in [-0.2, -0.15) is 0 Å². The van der Waals surface area contributed by atoms with Crippen LogP contribution in [0.4, 0.5) is 11.9 Å². The van der Waals surface area contributed by atoms with E-state index < -0.39 is 10.1 Å². The number of hydrogen-bond donors (Lipinski definition) is 2. The zero-order chi connectivity index (χ0) is 13.8. The van der Waals surface area contributed by atoms with E-state index in [1.165, 1.54) is 0 Å². The summed E-state index contributed by atoms with van der Waals surface area (Å²) in [6.07, 6.45) is 0.00741. The monoisotopic (exact) mass is 438 g/mol. The molecule has 0 saturated heterocycles. The Morgan fingerprint density at radius 1 is 0.808 bits per heavy atom. The van der Waals surface area contributed by atoms with Crippen LogP contribution < -0.4 is 0 Å². The average molecular weight is 439 g/mol. The minimum absolute atomic E-state index is 0. The van der Waals surface area contributed by atoms with Crippen LogP contribution in [0.3, 0.4) is 0 Å². The van der Waals surface area contributed by atoms with Crippen molar-refractivity contribution in [3.8, 4) is 0 Å². The quantitative estimate of drug-likeness (QED) is 0.189. The van der Waals surface area contributed by atoms with Crippen molar-refractivity contribution in [2.45, 2.75) is 6.42 Å². The summed E-state index contributed by atoms with van der Waals surface area (Å²) in [6.45, 7) is 0. The van der Waals surface area contributed by atoms with Crippen molar-refractivity contribution in [2.24, 2.45) is 0 Å².